The fourth-order valence-electron chi connectivity index (χ4n) is 1.88. The molecular formula is C15H25FIN3O2S. The first-order chi connectivity index (χ1) is 10.2. The molecule has 1 aromatic carbocycles. The highest BCUT2D eigenvalue weighted by molar-refractivity contribution is 14.0. The third kappa shape index (κ3) is 9.75. The quantitative estimate of drug-likeness (QED) is 0.374. The Hall–Kier alpha value is -0.900. The summed E-state index contributed by atoms with van der Waals surface area (Å²) in [5, 5.41) is 2.98. The van der Waals surface area contributed by atoms with Gasteiger partial charge in [0.2, 0.25) is 0 Å². The van der Waals surface area contributed by atoms with Crippen LogP contribution in [-0.2, 0) is 22.1 Å². The topological polar surface area (TPSA) is 84.5 Å². The molecule has 0 heterocycles. The SMILES string of the molecule is CC(C)CCNC(N)=NCc1cc(F)ccc1CS(C)(=O)=O.I. The van der Waals surface area contributed by atoms with Crippen LogP contribution in [0.4, 0.5) is 4.39 Å². The van der Waals surface area contributed by atoms with Crippen molar-refractivity contribution in [1.29, 1.82) is 0 Å². The van der Waals surface area contributed by atoms with E-state index in [4.69, 9.17) is 5.73 Å². The number of nitrogens with two attached hydrogens (primary N) is 1. The molecule has 0 unspecified atom stereocenters. The minimum absolute atomic E-state index is 0. The molecule has 0 aromatic heterocycles. The number of halogens is 2. The van der Waals surface area contributed by atoms with Crippen LogP contribution in [-0.4, -0.2) is 27.2 Å². The fourth-order valence-corrected chi connectivity index (χ4v) is 2.73. The van der Waals surface area contributed by atoms with Crippen LogP contribution in [0.25, 0.3) is 0 Å². The van der Waals surface area contributed by atoms with Crippen LogP contribution in [0.5, 0.6) is 0 Å². The Morgan fingerprint density at radius 2 is 2.00 bits per heavy atom. The van der Waals surface area contributed by atoms with Crippen molar-refractivity contribution in [1.82, 2.24) is 5.32 Å². The zero-order chi connectivity index (χ0) is 16.8. The normalized spacial score (nSPS) is 12.1. The lowest BCUT2D eigenvalue weighted by molar-refractivity contribution is 0.576. The molecule has 1 rings (SSSR count). The Morgan fingerprint density at radius 1 is 1.35 bits per heavy atom. The van der Waals surface area contributed by atoms with Crippen molar-refractivity contribution in [2.45, 2.75) is 32.6 Å². The van der Waals surface area contributed by atoms with Gasteiger partial charge in [-0.1, -0.05) is 19.9 Å². The molecule has 132 valence electrons. The molecule has 0 fully saturated rings. The Bertz CT molecular complexity index is 634. The van der Waals surface area contributed by atoms with E-state index in [0.29, 0.717) is 23.6 Å². The third-order valence-electron chi connectivity index (χ3n) is 3.03. The van der Waals surface area contributed by atoms with Crippen molar-refractivity contribution in [3.05, 3.63) is 35.1 Å². The highest BCUT2D eigenvalue weighted by atomic mass is 127. The summed E-state index contributed by atoms with van der Waals surface area (Å²) in [6, 6.07) is 4.02. The Labute approximate surface area is 154 Å². The van der Waals surface area contributed by atoms with Crippen molar-refractivity contribution in [3.8, 4) is 0 Å². The lowest BCUT2D eigenvalue weighted by Gasteiger charge is -2.09. The summed E-state index contributed by atoms with van der Waals surface area (Å²) in [5.41, 5.74) is 6.82. The molecule has 23 heavy (non-hydrogen) atoms. The number of guanidine groups is 1. The van der Waals surface area contributed by atoms with Crippen LogP contribution in [0.2, 0.25) is 0 Å². The van der Waals surface area contributed by atoms with Crippen molar-refractivity contribution in [2.75, 3.05) is 12.8 Å². The molecule has 3 N–H and O–H groups in total. The van der Waals surface area contributed by atoms with Crippen LogP contribution < -0.4 is 11.1 Å². The van der Waals surface area contributed by atoms with Gasteiger partial charge >= 0.3 is 0 Å². The highest BCUT2D eigenvalue weighted by Crippen LogP contribution is 2.15. The number of benzene rings is 1. The number of rotatable bonds is 7. The number of sulfone groups is 1. The second-order valence-electron chi connectivity index (χ2n) is 5.79. The lowest BCUT2D eigenvalue weighted by atomic mass is 10.1. The number of nitrogens with one attached hydrogen (secondary N) is 1. The smallest absolute Gasteiger partial charge is 0.188 e. The fraction of sp³-hybridized carbons (Fsp3) is 0.533. The number of hydrogen-bond donors (Lipinski definition) is 2. The average molecular weight is 457 g/mol. The molecule has 0 aliphatic carbocycles. The second-order valence-corrected chi connectivity index (χ2v) is 7.93. The minimum Gasteiger partial charge on any atom is -0.370 e. The monoisotopic (exact) mass is 457 g/mol. The molecule has 0 aliphatic heterocycles. The van der Waals surface area contributed by atoms with E-state index in [0.717, 1.165) is 12.7 Å². The van der Waals surface area contributed by atoms with Gasteiger partial charge in [0.1, 0.15) is 5.82 Å². The average Bonchev–Trinajstić information content (AvgIpc) is 2.37. The standard InChI is InChI=1S/C15H24FN3O2S.HI/c1-11(2)6-7-18-15(17)19-9-13-8-14(16)5-4-12(13)10-22(3,20)21;/h4-5,8,11H,6-7,9-10H2,1-3H3,(H3,17,18,19);1H. The highest BCUT2D eigenvalue weighted by Gasteiger charge is 2.10. The van der Waals surface area contributed by atoms with E-state index in [1.165, 1.54) is 18.2 Å². The number of aliphatic imine (C=N–C) groups is 1. The summed E-state index contributed by atoms with van der Waals surface area (Å²) in [6.07, 6.45) is 2.11. The first-order valence-corrected chi connectivity index (χ1v) is 9.22. The van der Waals surface area contributed by atoms with Gasteiger partial charge in [0.05, 0.1) is 12.3 Å². The summed E-state index contributed by atoms with van der Waals surface area (Å²) in [6.45, 7) is 5.08. The van der Waals surface area contributed by atoms with E-state index in [2.05, 4.69) is 24.2 Å². The number of nitrogens with zero attached hydrogens (tertiary/aromatic N) is 1. The van der Waals surface area contributed by atoms with Crippen molar-refractivity contribution < 1.29 is 12.8 Å². The summed E-state index contributed by atoms with van der Waals surface area (Å²) >= 11 is 0. The van der Waals surface area contributed by atoms with Gasteiger partial charge in [-0.2, -0.15) is 0 Å². The summed E-state index contributed by atoms with van der Waals surface area (Å²) < 4.78 is 36.2. The molecule has 0 amide bonds. The third-order valence-corrected chi connectivity index (χ3v) is 3.87. The van der Waals surface area contributed by atoms with Gasteiger partial charge < -0.3 is 11.1 Å². The molecule has 5 nitrogen and oxygen atoms in total. The molecule has 0 saturated carbocycles. The number of hydrogen-bond acceptors (Lipinski definition) is 3. The maximum atomic E-state index is 13.4. The van der Waals surface area contributed by atoms with Gasteiger partial charge in [-0.25, -0.2) is 17.8 Å². The molecule has 0 aliphatic rings. The molecule has 1 aromatic rings. The van der Waals surface area contributed by atoms with E-state index in [1.807, 2.05) is 0 Å². The minimum atomic E-state index is -3.19. The zero-order valence-corrected chi connectivity index (χ0v) is 16.8. The second kappa shape index (κ2) is 10.1. The van der Waals surface area contributed by atoms with Crippen LogP contribution in [0.15, 0.2) is 23.2 Å². The predicted octanol–water partition coefficient (Wildman–Crippen LogP) is 2.44. The van der Waals surface area contributed by atoms with Crippen LogP contribution in [0.3, 0.4) is 0 Å². The Morgan fingerprint density at radius 3 is 2.57 bits per heavy atom. The molecule has 0 saturated heterocycles. The summed E-state index contributed by atoms with van der Waals surface area (Å²) in [5.74, 6) is 0.271. The van der Waals surface area contributed by atoms with Crippen molar-refractivity contribution in [3.63, 3.8) is 0 Å². The molecule has 8 heteroatoms. The molecule has 0 atom stereocenters. The van der Waals surface area contributed by atoms with Gasteiger partial charge in [0.25, 0.3) is 0 Å². The molecule has 0 bridgehead atoms. The van der Waals surface area contributed by atoms with Crippen molar-refractivity contribution >= 4 is 39.8 Å². The zero-order valence-electron chi connectivity index (χ0n) is 13.7. The van der Waals surface area contributed by atoms with E-state index in [9.17, 15) is 12.8 Å². The van der Waals surface area contributed by atoms with E-state index in [-0.39, 0.29) is 42.2 Å². The molecule has 0 radical (unpaired) electrons. The van der Waals surface area contributed by atoms with Crippen molar-refractivity contribution in [2.24, 2.45) is 16.6 Å². The summed E-state index contributed by atoms with van der Waals surface area (Å²) in [4.78, 5) is 4.14. The first-order valence-electron chi connectivity index (χ1n) is 7.16. The maximum absolute atomic E-state index is 13.4. The van der Waals surface area contributed by atoms with E-state index < -0.39 is 15.7 Å². The Balaban J connectivity index is 0.00000484. The van der Waals surface area contributed by atoms with Gasteiger partial charge in [-0.3, -0.25) is 0 Å². The molecule has 0 spiro atoms. The van der Waals surface area contributed by atoms with Crippen LogP contribution in [0.1, 0.15) is 31.4 Å². The van der Waals surface area contributed by atoms with E-state index in [1.54, 1.807) is 0 Å². The van der Waals surface area contributed by atoms with Gasteiger partial charge in [0, 0.05) is 12.8 Å². The lowest BCUT2D eigenvalue weighted by Crippen LogP contribution is -2.32. The summed E-state index contributed by atoms with van der Waals surface area (Å²) in [7, 11) is -3.19. The Kier molecular flexibility index (Phi) is 9.67. The maximum Gasteiger partial charge on any atom is 0.188 e. The van der Waals surface area contributed by atoms with Gasteiger partial charge in [0.15, 0.2) is 15.8 Å². The molecular weight excluding hydrogens is 432 g/mol. The van der Waals surface area contributed by atoms with Gasteiger partial charge in [-0.05, 0) is 35.6 Å². The first kappa shape index (κ1) is 22.1. The predicted molar refractivity (Wildman–Crippen MR) is 103 cm³/mol. The van der Waals surface area contributed by atoms with Crippen LogP contribution >= 0.6 is 24.0 Å². The van der Waals surface area contributed by atoms with Crippen LogP contribution in [0, 0.1) is 11.7 Å². The van der Waals surface area contributed by atoms with Gasteiger partial charge in [-0.15, -0.1) is 24.0 Å². The largest absolute Gasteiger partial charge is 0.370 e. The van der Waals surface area contributed by atoms with E-state index >= 15 is 0 Å².